The van der Waals surface area contributed by atoms with Crippen LogP contribution in [0.25, 0.3) is 0 Å². The molecule has 1 N–H and O–H groups in total. The standard InChI is InChI=1S/C16H25N3O2/c1-12-10-17-16(18-12)14-11-19(7-8-21-14)15(20)9-13-5-3-2-4-6-13/h10,13-14H,2-9,11H2,1H3,(H,17,18)/t14-/m0/s1. The lowest BCUT2D eigenvalue weighted by atomic mass is 9.86. The second kappa shape index (κ2) is 6.60. The Morgan fingerprint density at radius 1 is 1.43 bits per heavy atom. The molecule has 1 aliphatic carbocycles. The number of carbonyl (C=O) groups excluding carboxylic acids is 1. The fourth-order valence-electron chi connectivity index (χ4n) is 3.41. The van der Waals surface area contributed by atoms with E-state index in [0.717, 1.165) is 11.5 Å². The second-order valence-corrected chi connectivity index (χ2v) is 6.36. The maximum atomic E-state index is 12.5. The van der Waals surface area contributed by atoms with Gasteiger partial charge in [-0.2, -0.15) is 0 Å². The first kappa shape index (κ1) is 14.6. The fraction of sp³-hybridized carbons (Fsp3) is 0.750. The van der Waals surface area contributed by atoms with Gasteiger partial charge in [-0.3, -0.25) is 4.79 Å². The molecule has 1 saturated heterocycles. The molecule has 1 atom stereocenters. The number of amides is 1. The summed E-state index contributed by atoms with van der Waals surface area (Å²) in [5, 5.41) is 0. The summed E-state index contributed by atoms with van der Waals surface area (Å²) in [7, 11) is 0. The Morgan fingerprint density at radius 2 is 2.24 bits per heavy atom. The van der Waals surface area contributed by atoms with Gasteiger partial charge in [-0.1, -0.05) is 19.3 Å². The number of aromatic nitrogens is 2. The Bertz CT molecular complexity index is 480. The van der Waals surface area contributed by atoms with E-state index in [9.17, 15) is 4.79 Å². The third-order valence-electron chi connectivity index (χ3n) is 4.63. The molecule has 5 nitrogen and oxygen atoms in total. The summed E-state index contributed by atoms with van der Waals surface area (Å²) < 4.78 is 5.76. The van der Waals surface area contributed by atoms with Crippen molar-refractivity contribution in [3.63, 3.8) is 0 Å². The van der Waals surface area contributed by atoms with E-state index in [1.807, 2.05) is 18.0 Å². The molecule has 1 aliphatic heterocycles. The molecule has 2 fully saturated rings. The molecule has 0 aromatic carbocycles. The Kier molecular flexibility index (Phi) is 4.58. The number of H-pyrrole nitrogens is 1. The normalized spacial score (nSPS) is 24.2. The largest absolute Gasteiger partial charge is 0.367 e. The summed E-state index contributed by atoms with van der Waals surface area (Å²) in [6.45, 7) is 3.91. The van der Waals surface area contributed by atoms with Crippen molar-refractivity contribution in [2.24, 2.45) is 5.92 Å². The average Bonchev–Trinajstić information content (AvgIpc) is 2.95. The van der Waals surface area contributed by atoms with Crippen molar-refractivity contribution in [3.05, 3.63) is 17.7 Å². The van der Waals surface area contributed by atoms with Gasteiger partial charge in [0, 0.05) is 24.9 Å². The molecule has 0 bridgehead atoms. The minimum atomic E-state index is -0.109. The smallest absolute Gasteiger partial charge is 0.223 e. The zero-order valence-electron chi connectivity index (χ0n) is 12.8. The van der Waals surface area contributed by atoms with Crippen molar-refractivity contribution in [1.82, 2.24) is 14.9 Å². The summed E-state index contributed by atoms with van der Waals surface area (Å²) in [5.74, 6) is 1.72. The SMILES string of the molecule is Cc1cnc([C@@H]2CN(C(=O)CC3CCCCC3)CCO2)[nH]1. The lowest BCUT2D eigenvalue weighted by molar-refractivity contribution is -0.140. The molecule has 1 aromatic heterocycles. The molecule has 2 heterocycles. The number of nitrogens with one attached hydrogen (secondary N) is 1. The highest BCUT2D eigenvalue weighted by Gasteiger charge is 2.28. The van der Waals surface area contributed by atoms with Gasteiger partial charge in [0.15, 0.2) is 0 Å². The van der Waals surface area contributed by atoms with Gasteiger partial charge in [0.2, 0.25) is 5.91 Å². The number of morpholine rings is 1. The number of carbonyl (C=O) groups is 1. The van der Waals surface area contributed by atoms with E-state index in [1.165, 1.54) is 32.1 Å². The third kappa shape index (κ3) is 3.64. The first-order chi connectivity index (χ1) is 10.2. The number of hydrogen-bond donors (Lipinski definition) is 1. The highest BCUT2D eigenvalue weighted by molar-refractivity contribution is 5.76. The number of aromatic amines is 1. The van der Waals surface area contributed by atoms with E-state index < -0.39 is 0 Å². The van der Waals surface area contributed by atoms with Crippen LogP contribution in [-0.4, -0.2) is 40.5 Å². The van der Waals surface area contributed by atoms with Gasteiger partial charge < -0.3 is 14.6 Å². The first-order valence-corrected chi connectivity index (χ1v) is 8.13. The molecule has 0 radical (unpaired) electrons. The lowest BCUT2D eigenvalue weighted by Crippen LogP contribution is -2.43. The molecule has 1 aromatic rings. The van der Waals surface area contributed by atoms with Crippen LogP contribution in [0.4, 0.5) is 0 Å². The quantitative estimate of drug-likeness (QED) is 0.931. The van der Waals surface area contributed by atoms with Crippen molar-refractivity contribution >= 4 is 5.91 Å². The van der Waals surface area contributed by atoms with Crippen LogP contribution in [-0.2, 0) is 9.53 Å². The molecule has 3 rings (SSSR count). The Hall–Kier alpha value is -1.36. The van der Waals surface area contributed by atoms with Crippen LogP contribution in [0.1, 0.15) is 56.1 Å². The first-order valence-electron chi connectivity index (χ1n) is 8.13. The molecule has 2 aliphatic rings. The van der Waals surface area contributed by atoms with E-state index >= 15 is 0 Å². The Balaban J connectivity index is 1.56. The van der Waals surface area contributed by atoms with Gasteiger partial charge in [0.1, 0.15) is 11.9 Å². The molecule has 116 valence electrons. The Labute approximate surface area is 126 Å². The maximum absolute atomic E-state index is 12.5. The number of imidazole rings is 1. The third-order valence-corrected chi connectivity index (χ3v) is 4.63. The lowest BCUT2D eigenvalue weighted by Gasteiger charge is -2.33. The average molecular weight is 291 g/mol. The highest BCUT2D eigenvalue weighted by atomic mass is 16.5. The number of hydrogen-bond acceptors (Lipinski definition) is 3. The van der Waals surface area contributed by atoms with Gasteiger partial charge >= 0.3 is 0 Å². The zero-order chi connectivity index (χ0) is 14.7. The summed E-state index contributed by atoms with van der Waals surface area (Å²) in [4.78, 5) is 22.0. The molecule has 0 unspecified atom stereocenters. The minimum absolute atomic E-state index is 0.109. The second-order valence-electron chi connectivity index (χ2n) is 6.36. The van der Waals surface area contributed by atoms with Gasteiger partial charge in [-0.25, -0.2) is 4.98 Å². The van der Waals surface area contributed by atoms with Crippen LogP contribution in [0.2, 0.25) is 0 Å². The monoisotopic (exact) mass is 291 g/mol. The van der Waals surface area contributed by atoms with Crippen LogP contribution >= 0.6 is 0 Å². The van der Waals surface area contributed by atoms with Crippen molar-refractivity contribution in [2.75, 3.05) is 19.7 Å². The van der Waals surface area contributed by atoms with Crippen LogP contribution in [0.5, 0.6) is 0 Å². The summed E-state index contributed by atoms with van der Waals surface area (Å²) in [5.41, 5.74) is 1.03. The van der Waals surface area contributed by atoms with E-state index in [0.29, 0.717) is 37.9 Å². The topological polar surface area (TPSA) is 58.2 Å². The summed E-state index contributed by atoms with van der Waals surface area (Å²) in [6, 6.07) is 0. The minimum Gasteiger partial charge on any atom is -0.367 e. The fourth-order valence-corrected chi connectivity index (χ4v) is 3.41. The predicted molar refractivity (Wildman–Crippen MR) is 79.8 cm³/mol. The van der Waals surface area contributed by atoms with Crippen LogP contribution < -0.4 is 0 Å². The van der Waals surface area contributed by atoms with Crippen molar-refractivity contribution in [1.29, 1.82) is 0 Å². The van der Waals surface area contributed by atoms with E-state index in [-0.39, 0.29) is 6.10 Å². The molecule has 0 spiro atoms. The van der Waals surface area contributed by atoms with Gasteiger partial charge in [-0.15, -0.1) is 0 Å². The Morgan fingerprint density at radius 3 is 2.95 bits per heavy atom. The molecular weight excluding hydrogens is 266 g/mol. The van der Waals surface area contributed by atoms with Crippen molar-refractivity contribution < 1.29 is 9.53 Å². The van der Waals surface area contributed by atoms with Gasteiger partial charge in [-0.05, 0) is 25.7 Å². The number of aryl methyl sites for hydroxylation is 1. The van der Waals surface area contributed by atoms with Crippen molar-refractivity contribution in [3.8, 4) is 0 Å². The number of nitrogens with zero attached hydrogens (tertiary/aromatic N) is 2. The van der Waals surface area contributed by atoms with E-state index in [1.54, 1.807) is 0 Å². The maximum Gasteiger partial charge on any atom is 0.223 e. The van der Waals surface area contributed by atoms with E-state index in [2.05, 4.69) is 9.97 Å². The van der Waals surface area contributed by atoms with E-state index in [4.69, 9.17) is 4.74 Å². The predicted octanol–water partition coefficient (Wildman–Crippen LogP) is 2.59. The van der Waals surface area contributed by atoms with Crippen LogP contribution in [0.15, 0.2) is 6.20 Å². The van der Waals surface area contributed by atoms with Gasteiger partial charge in [0.25, 0.3) is 0 Å². The van der Waals surface area contributed by atoms with Gasteiger partial charge in [0.05, 0.1) is 13.2 Å². The van der Waals surface area contributed by atoms with Crippen molar-refractivity contribution in [2.45, 2.75) is 51.6 Å². The molecular formula is C16H25N3O2. The highest BCUT2D eigenvalue weighted by Crippen LogP contribution is 2.28. The summed E-state index contributed by atoms with van der Waals surface area (Å²) >= 11 is 0. The molecule has 5 heteroatoms. The number of ether oxygens (including phenoxy) is 1. The molecule has 1 saturated carbocycles. The van der Waals surface area contributed by atoms with Crippen LogP contribution in [0, 0.1) is 12.8 Å². The molecule has 1 amide bonds. The number of rotatable bonds is 3. The zero-order valence-corrected chi connectivity index (χ0v) is 12.8. The molecule has 21 heavy (non-hydrogen) atoms. The summed E-state index contributed by atoms with van der Waals surface area (Å²) in [6.07, 6.45) is 8.76. The van der Waals surface area contributed by atoms with Crippen LogP contribution in [0.3, 0.4) is 0 Å².